The predicted octanol–water partition coefficient (Wildman–Crippen LogP) is 3.04. The van der Waals surface area contributed by atoms with Crippen LogP contribution in [0.25, 0.3) is 11.0 Å². The minimum atomic E-state index is 0.625. The zero-order valence-electron chi connectivity index (χ0n) is 6.67. The summed E-state index contributed by atoms with van der Waals surface area (Å²) in [6.45, 7) is 2.04. The second kappa shape index (κ2) is 2.79. The molecule has 0 amide bonds. The van der Waals surface area contributed by atoms with Gasteiger partial charge in [-0.3, -0.25) is 0 Å². The summed E-state index contributed by atoms with van der Waals surface area (Å²) in [6, 6.07) is 5.67. The molecule has 1 aromatic heterocycles. The van der Waals surface area contributed by atoms with Gasteiger partial charge in [0.15, 0.2) is 5.58 Å². The van der Waals surface area contributed by atoms with E-state index < -0.39 is 0 Å². The fourth-order valence-corrected chi connectivity index (χ4v) is 1.44. The van der Waals surface area contributed by atoms with Crippen LogP contribution in [0, 0.1) is 0 Å². The Labute approximate surface area is 75.1 Å². The van der Waals surface area contributed by atoms with E-state index in [1.807, 2.05) is 19.1 Å². The standard InChI is InChI=1S/C9H8ClNO/c1-2-8-6-4-3-5-7(10)9(6)12-11-8/h3-5H,2H2,1H3. The molecule has 0 bridgehead atoms. The van der Waals surface area contributed by atoms with Crippen molar-refractivity contribution in [2.24, 2.45) is 0 Å². The number of benzene rings is 1. The van der Waals surface area contributed by atoms with Gasteiger partial charge in [0.1, 0.15) is 0 Å². The predicted molar refractivity (Wildman–Crippen MR) is 48.4 cm³/mol. The SMILES string of the molecule is CCc1noc2c(Cl)cccc12. The van der Waals surface area contributed by atoms with Crippen molar-refractivity contribution in [2.75, 3.05) is 0 Å². The summed E-state index contributed by atoms with van der Waals surface area (Å²) in [5, 5.41) is 5.56. The summed E-state index contributed by atoms with van der Waals surface area (Å²) in [7, 11) is 0. The monoisotopic (exact) mass is 181 g/mol. The summed E-state index contributed by atoms with van der Waals surface area (Å²) < 4.78 is 5.09. The largest absolute Gasteiger partial charge is 0.354 e. The molecule has 2 nitrogen and oxygen atoms in total. The molecular weight excluding hydrogens is 174 g/mol. The number of halogens is 1. The molecule has 0 saturated carbocycles. The van der Waals surface area contributed by atoms with E-state index in [2.05, 4.69) is 5.16 Å². The van der Waals surface area contributed by atoms with Gasteiger partial charge < -0.3 is 4.52 Å². The van der Waals surface area contributed by atoms with E-state index in [-0.39, 0.29) is 0 Å². The Morgan fingerprint density at radius 1 is 1.50 bits per heavy atom. The van der Waals surface area contributed by atoms with Gasteiger partial charge in [-0.05, 0) is 18.6 Å². The molecule has 2 rings (SSSR count). The van der Waals surface area contributed by atoms with E-state index in [9.17, 15) is 0 Å². The fourth-order valence-electron chi connectivity index (χ4n) is 1.23. The molecule has 0 fully saturated rings. The number of rotatable bonds is 1. The average Bonchev–Trinajstić information content (AvgIpc) is 2.49. The third-order valence-electron chi connectivity index (χ3n) is 1.86. The lowest BCUT2D eigenvalue weighted by molar-refractivity contribution is 0.447. The highest BCUT2D eigenvalue weighted by molar-refractivity contribution is 6.34. The molecule has 1 aromatic carbocycles. The van der Waals surface area contributed by atoms with E-state index >= 15 is 0 Å². The molecule has 0 aliphatic carbocycles. The lowest BCUT2D eigenvalue weighted by atomic mass is 10.2. The molecule has 1 heterocycles. The Kier molecular flexibility index (Phi) is 1.77. The molecule has 0 unspecified atom stereocenters. The van der Waals surface area contributed by atoms with Crippen molar-refractivity contribution >= 4 is 22.6 Å². The summed E-state index contributed by atoms with van der Waals surface area (Å²) in [5.74, 6) is 0. The van der Waals surface area contributed by atoms with Gasteiger partial charge in [-0.1, -0.05) is 29.7 Å². The van der Waals surface area contributed by atoms with Crippen LogP contribution in [0.4, 0.5) is 0 Å². The molecule has 0 aliphatic rings. The fraction of sp³-hybridized carbons (Fsp3) is 0.222. The van der Waals surface area contributed by atoms with Crippen LogP contribution in [-0.4, -0.2) is 5.16 Å². The highest BCUT2D eigenvalue weighted by atomic mass is 35.5. The second-order valence-corrected chi connectivity index (χ2v) is 3.01. The molecule has 2 aromatic rings. The zero-order valence-corrected chi connectivity index (χ0v) is 7.43. The summed E-state index contributed by atoms with van der Waals surface area (Å²) in [5.41, 5.74) is 1.66. The lowest BCUT2D eigenvalue weighted by Crippen LogP contribution is -1.77. The minimum absolute atomic E-state index is 0.625. The molecule has 0 atom stereocenters. The minimum Gasteiger partial charge on any atom is -0.354 e. The van der Waals surface area contributed by atoms with Gasteiger partial charge in [0.25, 0.3) is 0 Å². The quantitative estimate of drug-likeness (QED) is 0.676. The number of nitrogens with zero attached hydrogens (tertiary/aromatic N) is 1. The van der Waals surface area contributed by atoms with Crippen LogP contribution < -0.4 is 0 Å². The van der Waals surface area contributed by atoms with E-state index in [1.165, 1.54) is 0 Å². The van der Waals surface area contributed by atoms with Crippen molar-refractivity contribution in [1.29, 1.82) is 0 Å². The van der Waals surface area contributed by atoms with Crippen molar-refractivity contribution < 1.29 is 4.52 Å². The van der Waals surface area contributed by atoms with Crippen molar-refractivity contribution in [1.82, 2.24) is 5.16 Å². The molecule has 0 radical (unpaired) electrons. The average molecular weight is 182 g/mol. The van der Waals surface area contributed by atoms with Crippen LogP contribution in [0.1, 0.15) is 12.6 Å². The maximum absolute atomic E-state index is 5.89. The van der Waals surface area contributed by atoms with E-state index in [0.717, 1.165) is 17.5 Å². The Morgan fingerprint density at radius 3 is 3.08 bits per heavy atom. The topological polar surface area (TPSA) is 26.0 Å². The lowest BCUT2D eigenvalue weighted by Gasteiger charge is -1.89. The van der Waals surface area contributed by atoms with Gasteiger partial charge >= 0.3 is 0 Å². The maximum atomic E-state index is 5.89. The molecule has 0 spiro atoms. The first-order chi connectivity index (χ1) is 5.83. The number of para-hydroxylation sites is 1. The molecule has 62 valence electrons. The van der Waals surface area contributed by atoms with Gasteiger partial charge in [-0.15, -0.1) is 0 Å². The van der Waals surface area contributed by atoms with Crippen molar-refractivity contribution in [3.63, 3.8) is 0 Å². The van der Waals surface area contributed by atoms with Crippen molar-refractivity contribution in [3.8, 4) is 0 Å². The smallest absolute Gasteiger partial charge is 0.185 e. The third-order valence-corrected chi connectivity index (χ3v) is 2.16. The van der Waals surface area contributed by atoms with E-state index in [0.29, 0.717) is 10.6 Å². The first-order valence-corrected chi connectivity index (χ1v) is 4.23. The summed E-state index contributed by atoms with van der Waals surface area (Å²) in [4.78, 5) is 0. The van der Waals surface area contributed by atoms with E-state index in [1.54, 1.807) is 6.07 Å². The molecule has 12 heavy (non-hydrogen) atoms. The van der Waals surface area contributed by atoms with Crippen LogP contribution in [-0.2, 0) is 6.42 Å². The van der Waals surface area contributed by atoms with Gasteiger partial charge in [-0.25, -0.2) is 0 Å². The molecule has 0 saturated heterocycles. The maximum Gasteiger partial charge on any atom is 0.185 e. The Balaban J connectivity index is 2.80. The Hall–Kier alpha value is -1.02. The number of hydrogen-bond donors (Lipinski definition) is 0. The van der Waals surface area contributed by atoms with E-state index in [4.69, 9.17) is 16.1 Å². The Bertz CT molecular complexity index is 408. The second-order valence-electron chi connectivity index (χ2n) is 2.60. The number of fused-ring (bicyclic) bond motifs is 1. The van der Waals surface area contributed by atoms with Gasteiger partial charge in [0.05, 0.1) is 10.7 Å². The number of aryl methyl sites for hydroxylation is 1. The van der Waals surface area contributed by atoms with Gasteiger partial charge in [-0.2, -0.15) is 0 Å². The third kappa shape index (κ3) is 0.994. The number of hydrogen-bond acceptors (Lipinski definition) is 2. The first-order valence-electron chi connectivity index (χ1n) is 3.85. The summed E-state index contributed by atoms with van der Waals surface area (Å²) in [6.07, 6.45) is 0.868. The van der Waals surface area contributed by atoms with Crippen molar-refractivity contribution in [2.45, 2.75) is 13.3 Å². The first kappa shape index (κ1) is 7.62. The van der Waals surface area contributed by atoms with Crippen LogP contribution in [0.5, 0.6) is 0 Å². The van der Waals surface area contributed by atoms with Crippen LogP contribution in [0.15, 0.2) is 22.7 Å². The zero-order chi connectivity index (χ0) is 8.55. The summed E-state index contributed by atoms with van der Waals surface area (Å²) >= 11 is 5.89. The highest BCUT2D eigenvalue weighted by Crippen LogP contribution is 2.25. The normalized spacial score (nSPS) is 10.8. The molecular formula is C9H8ClNO. The van der Waals surface area contributed by atoms with Gasteiger partial charge in [0.2, 0.25) is 0 Å². The van der Waals surface area contributed by atoms with Crippen molar-refractivity contribution in [3.05, 3.63) is 28.9 Å². The Morgan fingerprint density at radius 2 is 2.33 bits per heavy atom. The van der Waals surface area contributed by atoms with Crippen LogP contribution >= 0.6 is 11.6 Å². The molecule has 0 aliphatic heterocycles. The van der Waals surface area contributed by atoms with Crippen LogP contribution in [0.3, 0.4) is 0 Å². The highest BCUT2D eigenvalue weighted by Gasteiger charge is 2.07. The number of aromatic nitrogens is 1. The van der Waals surface area contributed by atoms with Gasteiger partial charge in [0, 0.05) is 5.39 Å². The molecule has 0 N–H and O–H groups in total. The van der Waals surface area contributed by atoms with Crippen LogP contribution in [0.2, 0.25) is 5.02 Å². The molecule has 3 heteroatoms.